The number of carbonyl (C=O) groups excluding carboxylic acids is 2. The normalized spacial score (nSPS) is 26.3. The van der Waals surface area contributed by atoms with Crippen LogP contribution in [0.2, 0.25) is 0 Å². The summed E-state index contributed by atoms with van der Waals surface area (Å²) in [5, 5.41) is 0. The van der Waals surface area contributed by atoms with Gasteiger partial charge in [0.05, 0.1) is 12.5 Å². The molecule has 0 bridgehead atoms. The van der Waals surface area contributed by atoms with Gasteiger partial charge in [0.15, 0.2) is 6.10 Å². The van der Waals surface area contributed by atoms with Crippen molar-refractivity contribution in [2.75, 3.05) is 6.61 Å². The van der Waals surface area contributed by atoms with Gasteiger partial charge in [-0.25, -0.2) is 4.79 Å². The average Bonchev–Trinajstić information content (AvgIpc) is 2.13. The van der Waals surface area contributed by atoms with Crippen molar-refractivity contribution in [3.05, 3.63) is 0 Å². The first-order chi connectivity index (χ1) is 7.04. The van der Waals surface area contributed by atoms with Crippen molar-refractivity contribution < 1.29 is 19.1 Å². The molecule has 4 nitrogen and oxygen atoms in total. The van der Waals surface area contributed by atoms with E-state index in [1.54, 1.807) is 6.92 Å². The molecular formula is C11H18O4. The Hall–Kier alpha value is -1.06. The minimum atomic E-state index is -0.784. The SMILES string of the molecule is CCOC(=O)C(C)OC(=O)C1CC(C)C1. The Bertz CT molecular complexity index is 243. The molecule has 1 aliphatic carbocycles. The predicted octanol–water partition coefficient (Wildman–Crippen LogP) is 1.53. The van der Waals surface area contributed by atoms with E-state index < -0.39 is 12.1 Å². The van der Waals surface area contributed by atoms with Crippen molar-refractivity contribution in [2.24, 2.45) is 11.8 Å². The summed E-state index contributed by atoms with van der Waals surface area (Å²) in [6, 6.07) is 0. The average molecular weight is 214 g/mol. The number of carbonyl (C=O) groups is 2. The highest BCUT2D eigenvalue weighted by molar-refractivity contribution is 5.80. The Kier molecular flexibility index (Phi) is 4.12. The highest BCUT2D eigenvalue weighted by Gasteiger charge is 2.34. The van der Waals surface area contributed by atoms with E-state index in [9.17, 15) is 9.59 Å². The highest BCUT2D eigenvalue weighted by atomic mass is 16.6. The van der Waals surface area contributed by atoms with Crippen LogP contribution in [0.1, 0.15) is 33.6 Å². The van der Waals surface area contributed by atoms with Crippen LogP contribution in [-0.2, 0) is 19.1 Å². The second-order valence-corrected chi connectivity index (χ2v) is 4.10. The van der Waals surface area contributed by atoms with Crippen LogP contribution in [0.4, 0.5) is 0 Å². The van der Waals surface area contributed by atoms with E-state index >= 15 is 0 Å². The van der Waals surface area contributed by atoms with Crippen LogP contribution in [0.25, 0.3) is 0 Å². The Morgan fingerprint density at radius 1 is 1.40 bits per heavy atom. The van der Waals surface area contributed by atoms with Gasteiger partial charge in [-0.05, 0) is 32.6 Å². The third-order valence-corrected chi connectivity index (χ3v) is 2.62. The first-order valence-corrected chi connectivity index (χ1v) is 5.41. The van der Waals surface area contributed by atoms with Gasteiger partial charge in [0.25, 0.3) is 0 Å². The number of esters is 2. The van der Waals surface area contributed by atoms with Crippen LogP contribution in [0.5, 0.6) is 0 Å². The summed E-state index contributed by atoms with van der Waals surface area (Å²) < 4.78 is 9.74. The van der Waals surface area contributed by atoms with Gasteiger partial charge < -0.3 is 9.47 Å². The molecule has 1 fully saturated rings. The summed E-state index contributed by atoms with van der Waals surface area (Å²) in [5.74, 6) is -0.163. The minimum Gasteiger partial charge on any atom is -0.463 e. The van der Waals surface area contributed by atoms with E-state index in [-0.39, 0.29) is 11.9 Å². The van der Waals surface area contributed by atoms with E-state index in [2.05, 4.69) is 6.92 Å². The molecule has 0 radical (unpaired) electrons. The molecule has 1 aliphatic rings. The van der Waals surface area contributed by atoms with Crippen molar-refractivity contribution in [1.82, 2.24) is 0 Å². The Morgan fingerprint density at radius 3 is 2.47 bits per heavy atom. The summed E-state index contributed by atoms with van der Waals surface area (Å²) in [6.07, 6.45) is 0.955. The maximum Gasteiger partial charge on any atom is 0.347 e. The van der Waals surface area contributed by atoms with Gasteiger partial charge in [-0.2, -0.15) is 0 Å². The number of ether oxygens (including phenoxy) is 2. The fraction of sp³-hybridized carbons (Fsp3) is 0.818. The molecule has 1 atom stereocenters. The molecule has 0 aromatic heterocycles. The lowest BCUT2D eigenvalue weighted by molar-refractivity contribution is -0.171. The first-order valence-electron chi connectivity index (χ1n) is 5.41. The maximum atomic E-state index is 11.5. The third-order valence-electron chi connectivity index (χ3n) is 2.62. The van der Waals surface area contributed by atoms with Crippen LogP contribution in [-0.4, -0.2) is 24.6 Å². The quantitative estimate of drug-likeness (QED) is 0.666. The zero-order chi connectivity index (χ0) is 11.4. The van der Waals surface area contributed by atoms with Gasteiger partial charge in [-0.1, -0.05) is 6.92 Å². The lowest BCUT2D eigenvalue weighted by Gasteiger charge is -2.31. The van der Waals surface area contributed by atoms with Crippen molar-refractivity contribution in [3.8, 4) is 0 Å². The van der Waals surface area contributed by atoms with E-state index in [1.165, 1.54) is 6.92 Å². The fourth-order valence-electron chi connectivity index (χ4n) is 1.67. The molecular weight excluding hydrogens is 196 g/mol. The van der Waals surface area contributed by atoms with Gasteiger partial charge >= 0.3 is 11.9 Å². The molecule has 0 N–H and O–H groups in total. The lowest BCUT2D eigenvalue weighted by Crippen LogP contribution is -2.35. The van der Waals surface area contributed by atoms with Crippen molar-refractivity contribution in [2.45, 2.75) is 39.7 Å². The van der Waals surface area contributed by atoms with Gasteiger partial charge in [0.2, 0.25) is 0 Å². The second kappa shape index (κ2) is 5.14. The van der Waals surface area contributed by atoms with E-state index in [4.69, 9.17) is 9.47 Å². The molecule has 15 heavy (non-hydrogen) atoms. The summed E-state index contributed by atoms with van der Waals surface area (Å²) in [4.78, 5) is 22.6. The summed E-state index contributed by atoms with van der Waals surface area (Å²) >= 11 is 0. The van der Waals surface area contributed by atoms with E-state index in [0.29, 0.717) is 12.5 Å². The second-order valence-electron chi connectivity index (χ2n) is 4.10. The standard InChI is InChI=1S/C11H18O4/c1-4-14-10(12)8(3)15-11(13)9-5-7(2)6-9/h7-9H,4-6H2,1-3H3. The van der Waals surface area contributed by atoms with Crippen molar-refractivity contribution in [1.29, 1.82) is 0 Å². The van der Waals surface area contributed by atoms with Crippen LogP contribution < -0.4 is 0 Å². The van der Waals surface area contributed by atoms with Gasteiger partial charge in [0, 0.05) is 0 Å². The van der Waals surface area contributed by atoms with Crippen LogP contribution in [0.15, 0.2) is 0 Å². The molecule has 0 aromatic rings. The molecule has 1 unspecified atom stereocenters. The van der Waals surface area contributed by atoms with Gasteiger partial charge in [-0.15, -0.1) is 0 Å². The zero-order valence-electron chi connectivity index (χ0n) is 9.49. The largest absolute Gasteiger partial charge is 0.463 e. The molecule has 0 aliphatic heterocycles. The number of hydrogen-bond acceptors (Lipinski definition) is 4. The topological polar surface area (TPSA) is 52.6 Å². The first kappa shape index (κ1) is 12.0. The molecule has 0 amide bonds. The monoisotopic (exact) mass is 214 g/mol. The maximum absolute atomic E-state index is 11.5. The van der Waals surface area contributed by atoms with Crippen molar-refractivity contribution >= 4 is 11.9 Å². The molecule has 0 saturated heterocycles. The molecule has 1 rings (SSSR count). The van der Waals surface area contributed by atoms with E-state index in [1.807, 2.05) is 0 Å². The predicted molar refractivity (Wildman–Crippen MR) is 54.1 cm³/mol. The Morgan fingerprint density at radius 2 is 2.00 bits per heavy atom. The molecule has 4 heteroatoms. The molecule has 86 valence electrons. The van der Waals surface area contributed by atoms with Crippen LogP contribution in [0, 0.1) is 11.8 Å². The van der Waals surface area contributed by atoms with Gasteiger partial charge in [-0.3, -0.25) is 4.79 Å². The van der Waals surface area contributed by atoms with Crippen molar-refractivity contribution in [3.63, 3.8) is 0 Å². The fourth-order valence-corrected chi connectivity index (χ4v) is 1.67. The minimum absolute atomic E-state index is 0.0168. The Balaban J connectivity index is 2.28. The summed E-state index contributed by atoms with van der Waals surface area (Å²) in [6.45, 7) is 5.66. The van der Waals surface area contributed by atoms with Crippen LogP contribution in [0.3, 0.4) is 0 Å². The summed E-state index contributed by atoms with van der Waals surface area (Å²) in [7, 11) is 0. The molecule has 0 spiro atoms. The zero-order valence-corrected chi connectivity index (χ0v) is 9.49. The van der Waals surface area contributed by atoms with Gasteiger partial charge in [0.1, 0.15) is 0 Å². The van der Waals surface area contributed by atoms with E-state index in [0.717, 1.165) is 12.8 Å². The molecule has 0 heterocycles. The highest BCUT2D eigenvalue weighted by Crippen LogP contribution is 2.34. The lowest BCUT2D eigenvalue weighted by atomic mass is 9.76. The number of rotatable bonds is 4. The molecule has 0 aromatic carbocycles. The number of hydrogen-bond donors (Lipinski definition) is 0. The third kappa shape index (κ3) is 3.22. The smallest absolute Gasteiger partial charge is 0.347 e. The Labute approximate surface area is 89.9 Å². The summed E-state index contributed by atoms with van der Waals surface area (Å²) in [5.41, 5.74) is 0. The van der Waals surface area contributed by atoms with Crippen LogP contribution >= 0.6 is 0 Å². The molecule has 1 saturated carbocycles.